The molecule has 5 heteroatoms. The molecular weight excluding hydrogens is 260 g/mol. The number of nitrogens with zero attached hydrogens (tertiary/aromatic N) is 2. The molecule has 0 saturated heterocycles. The minimum absolute atomic E-state index is 0.454. The summed E-state index contributed by atoms with van der Waals surface area (Å²) in [6.07, 6.45) is 1.41. The van der Waals surface area contributed by atoms with E-state index < -0.39 is 6.10 Å². The van der Waals surface area contributed by atoms with Crippen molar-refractivity contribution in [1.82, 2.24) is 10.1 Å². The smallest absolute Gasteiger partial charge is 0.236 e. The van der Waals surface area contributed by atoms with Crippen LogP contribution in [0.25, 0.3) is 0 Å². The Hall–Kier alpha value is -1.33. The van der Waals surface area contributed by atoms with Crippen LogP contribution >= 0.6 is 11.8 Å². The lowest BCUT2D eigenvalue weighted by molar-refractivity contribution is 0.204. The van der Waals surface area contributed by atoms with Crippen LogP contribution < -0.4 is 0 Å². The zero-order valence-electron chi connectivity index (χ0n) is 11.0. The van der Waals surface area contributed by atoms with Crippen molar-refractivity contribution in [2.45, 2.75) is 31.6 Å². The molecule has 0 aliphatic carbocycles. The highest BCUT2D eigenvalue weighted by Gasteiger charge is 2.09. The molecule has 0 aliphatic rings. The first-order valence-corrected chi connectivity index (χ1v) is 7.57. The summed E-state index contributed by atoms with van der Waals surface area (Å²) in [4.78, 5) is 4.29. The van der Waals surface area contributed by atoms with Crippen LogP contribution in [0, 0.1) is 0 Å². The summed E-state index contributed by atoms with van der Waals surface area (Å²) < 4.78 is 5.14. The van der Waals surface area contributed by atoms with Gasteiger partial charge in [0.15, 0.2) is 5.82 Å². The van der Waals surface area contributed by atoms with Gasteiger partial charge in [-0.1, -0.05) is 42.4 Å². The number of benzene rings is 1. The van der Waals surface area contributed by atoms with Crippen LogP contribution in [0.4, 0.5) is 0 Å². The molecule has 1 aromatic heterocycles. The Morgan fingerprint density at radius 2 is 2.11 bits per heavy atom. The summed E-state index contributed by atoms with van der Waals surface area (Å²) in [5.74, 6) is 2.66. The number of rotatable bonds is 7. The second-order valence-corrected chi connectivity index (χ2v) is 5.33. The van der Waals surface area contributed by atoms with E-state index >= 15 is 0 Å². The Kier molecular flexibility index (Phi) is 5.42. The Morgan fingerprint density at radius 1 is 1.32 bits per heavy atom. The maximum atomic E-state index is 10.0. The molecule has 0 amide bonds. The molecule has 102 valence electrons. The minimum Gasteiger partial charge on any atom is -0.388 e. The van der Waals surface area contributed by atoms with Gasteiger partial charge in [-0.25, -0.2) is 0 Å². The molecule has 1 unspecified atom stereocenters. The van der Waals surface area contributed by atoms with Gasteiger partial charge in [-0.05, 0) is 12.0 Å². The number of hydrogen-bond donors (Lipinski definition) is 1. The van der Waals surface area contributed by atoms with Gasteiger partial charge in [-0.2, -0.15) is 4.98 Å². The number of aliphatic hydroxyl groups is 1. The highest BCUT2D eigenvalue weighted by Crippen LogP contribution is 2.20. The van der Waals surface area contributed by atoms with Gasteiger partial charge in [0.25, 0.3) is 0 Å². The van der Waals surface area contributed by atoms with Crippen LogP contribution in [0.3, 0.4) is 0 Å². The number of aryl methyl sites for hydroxylation is 1. The van der Waals surface area contributed by atoms with Gasteiger partial charge in [0.1, 0.15) is 0 Å². The van der Waals surface area contributed by atoms with E-state index in [0.29, 0.717) is 17.4 Å². The predicted octanol–water partition coefficient (Wildman–Crippen LogP) is 2.99. The summed E-state index contributed by atoms with van der Waals surface area (Å²) >= 11 is 1.59. The zero-order valence-corrected chi connectivity index (χ0v) is 11.8. The standard InChI is InChI=1S/C14H18N2O2S/c1-2-6-13-15-14(18-16-13)10-19-9-12(17)11-7-4-3-5-8-11/h3-5,7-8,12,17H,2,6,9-10H2,1H3. The zero-order chi connectivity index (χ0) is 13.5. The lowest BCUT2D eigenvalue weighted by Crippen LogP contribution is -2.00. The third-order valence-electron chi connectivity index (χ3n) is 2.67. The molecule has 0 bridgehead atoms. The van der Waals surface area contributed by atoms with Crippen molar-refractivity contribution in [3.05, 3.63) is 47.6 Å². The molecule has 2 aromatic rings. The maximum absolute atomic E-state index is 10.0. The summed E-state index contributed by atoms with van der Waals surface area (Å²) in [5, 5.41) is 13.9. The van der Waals surface area contributed by atoms with Gasteiger partial charge in [0.05, 0.1) is 11.9 Å². The van der Waals surface area contributed by atoms with E-state index in [9.17, 15) is 5.11 Å². The van der Waals surface area contributed by atoms with Crippen molar-refractivity contribution in [2.24, 2.45) is 0 Å². The quantitative estimate of drug-likeness (QED) is 0.843. The highest BCUT2D eigenvalue weighted by atomic mass is 32.2. The van der Waals surface area contributed by atoms with E-state index in [2.05, 4.69) is 17.1 Å². The molecular formula is C14H18N2O2S. The third-order valence-corrected chi connectivity index (χ3v) is 3.67. The van der Waals surface area contributed by atoms with E-state index in [1.807, 2.05) is 30.3 Å². The minimum atomic E-state index is -0.454. The summed E-state index contributed by atoms with van der Waals surface area (Å²) in [6, 6.07) is 9.65. The fourth-order valence-corrected chi connectivity index (χ4v) is 2.53. The second-order valence-electron chi connectivity index (χ2n) is 4.30. The normalized spacial score (nSPS) is 12.5. The van der Waals surface area contributed by atoms with Crippen LogP contribution in [0.5, 0.6) is 0 Å². The summed E-state index contributed by atoms with van der Waals surface area (Å²) in [7, 11) is 0. The number of hydrogen-bond acceptors (Lipinski definition) is 5. The third kappa shape index (κ3) is 4.36. The molecule has 4 nitrogen and oxygen atoms in total. The number of thioether (sulfide) groups is 1. The van der Waals surface area contributed by atoms with Crippen LogP contribution in [0.2, 0.25) is 0 Å². The van der Waals surface area contributed by atoms with Crippen LogP contribution in [-0.4, -0.2) is 21.0 Å². The SMILES string of the molecule is CCCc1noc(CSCC(O)c2ccccc2)n1. The van der Waals surface area contributed by atoms with Crippen molar-refractivity contribution in [3.63, 3.8) is 0 Å². The molecule has 0 saturated carbocycles. The highest BCUT2D eigenvalue weighted by molar-refractivity contribution is 7.98. The first-order chi connectivity index (χ1) is 9.29. The first-order valence-electron chi connectivity index (χ1n) is 6.41. The van der Waals surface area contributed by atoms with Crippen LogP contribution in [0.1, 0.15) is 36.7 Å². The van der Waals surface area contributed by atoms with Gasteiger partial charge in [-0.3, -0.25) is 0 Å². The maximum Gasteiger partial charge on any atom is 0.236 e. The second kappa shape index (κ2) is 7.31. The van der Waals surface area contributed by atoms with E-state index in [4.69, 9.17) is 4.52 Å². The lowest BCUT2D eigenvalue weighted by Gasteiger charge is -2.09. The number of aromatic nitrogens is 2. The predicted molar refractivity (Wildman–Crippen MR) is 75.9 cm³/mol. The monoisotopic (exact) mass is 278 g/mol. The lowest BCUT2D eigenvalue weighted by atomic mass is 10.1. The molecule has 1 heterocycles. The molecule has 2 rings (SSSR count). The first kappa shape index (κ1) is 14.1. The Labute approximate surface area is 117 Å². The average Bonchev–Trinajstić information content (AvgIpc) is 2.88. The van der Waals surface area contributed by atoms with Gasteiger partial charge < -0.3 is 9.63 Å². The summed E-state index contributed by atoms with van der Waals surface area (Å²) in [6.45, 7) is 2.08. The Bertz CT molecular complexity index is 487. The van der Waals surface area contributed by atoms with Gasteiger partial charge in [0, 0.05) is 12.2 Å². The van der Waals surface area contributed by atoms with E-state index in [1.165, 1.54) is 0 Å². The van der Waals surface area contributed by atoms with Crippen molar-refractivity contribution in [3.8, 4) is 0 Å². The molecule has 1 atom stereocenters. The molecule has 19 heavy (non-hydrogen) atoms. The summed E-state index contributed by atoms with van der Waals surface area (Å²) in [5.41, 5.74) is 0.937. The Balaban J connectivity index is 1.76. The van der Waals surface area contributed by atoms with Crippen LogP contribution in [0.15, 0.2) is 34.9 Å². The fourth-order valence-electron chi connectivity index (χ4n) is 1.70. The largest absolute Gasteiger partial charge is 0.388 e. The van der Waals surface area contributed by atoms with Gasteiger partial charge in [-0.15, -0.1) is 11.8 Å². The van der Waals surface area contributed by atoms with Crippen molar-refractivity contribution in [2.75, 3.05) is 5.75 Å². The van der Waals surface area contributed by atoms with Crippen LogP contribution in [-0.2, 0) is 12.2 Å². The molecule has 0 aliphatic heterocycles. The van der Waals surface area contributed by atoms with E-state index in [1.54, 1.807) is 11.8 Å². The topological polar surface area (TPSA) is 59.2 Å². The average molecular weight is 278 g/mol. The van der Waals surface area contributed by atoms with Gasteiger partial charge in [0.2, 0.25) is 5.89 Å². The van der Waals surface area contributed by atoms with E-state index in [0.717, 1.165) is 24.2 Å². The van der Waals surface area contributed by atoms with Crippen molar-refractivity contribution in [1.29, 1.82) is 0 Å². The molecule has 0 radical (unpaired) electrons. The molecule has 0 fully saturated rings. The Morgan fingerprint density at radius 3 is 2.84 bits per heavy atom. The molecule has 1 aromatic carbocycles. The van der Waals surface area contributed by atoms with Crippen molar-refractivity contribution >= 4 is 11.8 Å². The molecule has 0 spiro atoms. The fraction of sp³-hybridized carbons (Fsp3) is 0.429. The van der Waals surface area contributed by atoms with Gasteiger partial charge >= 0.3 is 0 Å². The van der Waals surface area contributed by atoms with Crippen molar-refractivity contribution < 1.29 is 9.63 Å². The number of aliphatic hydroxyl groups excluding tert-OH is 1. The van der Waals surface area contributed by atoms with E-state index in [-0.39, 0.29) is 0 Å². The molecule has 1 N–H and O–H groups in total.